The van der Waals surface area contributed by atoms with Gasteiger partial charge in [0.2, 0.25) is 0 Å². The van der Waals surface area contributed by atoms with Gasteiger partial charge in [-0.15, -0.1) is 4.83 Å². The van der Waals surface area contributed by atoms with E-state index in [9.17, 15) is 13.2 Å². The average molecular weight is 690 g/mol. The monoisotopic (exact) mass is 689 g/mol. The molecule has 5 aromatic rings. The molecule has 0 radical (unpaired) electrons. The Morgan fingerprint density at radius 2 is 1.24 bits per heavy atom. The first-order chi connectivity index (χ1) is 24.1. The maximum atomic E-state index is 14.7. The van der Waals surface area contributed by atoms with E-state index in [1.807, 2.05) is 91.8 Å². The quantitative estimate of drug-likeness (QED) is 0.164. The Morgan fingerprint density at radius 1 is 0.680 bits per heavy atom. The highest BCUT2D eigenvalue weighted by Gasteiger charge is 2.58. The van der Waals surface area contributed by atoms with Gasteiger partial charge in [0, 0.05) is 102 Å². The minimum absolute atomic E-state index is 0.0823. The number of hydrazine groups is 1. The third kappa shape index (κ3) is 5.00. The minimum atomic E-state index is -4.32. The first-order valence-corrected chi connectivity index (χ1v) is 18.7. The standard InChI is InChI=1S/C40H43N5O4S/c1-7-43(8-2)27-21-23-33-36(25-27)49-37-26-28(44(9-3)10-4)22-24-34(37)40(33)32-18-12-11-15-31(32)39(46)45(40)41-50(47,48)38-20-14-16-29-30(38)17-13-19-35(29)42(5)6/h11-26,41H,7-10H2,1-6H3. The van der Waals surface area contributed by atoms with Gasteiger partial charge < -0.3 is 19.4 Å². The van der Waals surface area contributed by atoms with Gasteiger partial charge >= 0.3 is 0 Å². The van der Waals surface area contributed by atoms with Crippen LogP contribution >= 0.6 is 0 Å². The molecule has 0 saturated carbocycles. The lowest BCUT2D eigenvalue weighted by atomic mass is 9.75. The van der Waals surface area contributed by atoms with Crippen molar-refractivity contribution in [1.29, 1.82) is 0 Å². The summed E-state index contributed by atoms with van der Waals surface area (Å²) in [6.45, 7) is 11.6. The van der Waals surface area contributed by atoms with Crippen molar-refractivity contribution in [2.45, 2.75) is 38.1 Å². The molecule has 0 atom stereocenters. The highest BCUT2D eigenvalue weighted by Crippen LogP contribution is 2.58. The van der Waals surface area contributed by atoms with E-state index in [-0.39, 0.29) is 4.90 Å². The van der Waals surface area contributed by atoms with E-state index < -0.39 is 21.5 Å². The van der Waals surface area contributed by atoms with Crippen LogP contribution in [0, 0.1) is 0 Å². The van der Waals surface area contributed by atoms with Gasteiger partial charge in [-0.1, -0.05) is 54.6 Å². The van der Waals surface area contributed by atoms with Crippen LogP contribution in [-0.4, -0.2) is 59.6 Å². The number of ether oxygens (including phenoxy) is 1. The summed E-state index contributed by atoms with van der Waals surface area (Å²) < 4.78 is 36.2. The SMILES string of the molecule is CCN(CC)c1ccc2c(c1)Oc1cc(N(CC)CC)ccc1C21c2ccccc2C(=O)N1NS(=O)(=O)c1cccc2c(N(C)C)cccc12. The second kappa shape index (κ2) is 12.7. The largest absolute Gasteiger partial charge is 0.456 e. The number of hydrogen-bond donors (Lipinski definition) is 1. The summed E-state index contributed by atoms with van der Waals surface area (Å²) in [5.41, 5.74) is 3.91. The van der Waals surface area contributed by atoms with Gasteiger partial charge in [-0.3, -0.25) is 4.79 Å². The molecule has 10 heteroatoms. The lowest BCUT2D eigenvalue weighted by Gasteiger charge is -2.44. The molecule has 1 N–H and O–H groups in total. The lowest BCUT2D eigenvalue weighted by Crippen LogP contribution is -2.55. The fraction of sp³-hybridized carbons (Fsp3) is 0.275. The Morgan fingerprint density at radius 3 is 1.82 bits per heavy atom. The third-order valence-corrected chi connectivity index (χ3v) is 11.5. The van der Waals surface area contributed by atoms with Crippen molar-refractivity contribution in [1.82, 2.24) is 9.84 Å². The van der Waals surface area contributed by atoms with E-state index in [2.05, 4.69) is 42.3 Å². The van der Waals surface area contributed by atoms with Crippen molar-refractivity contribution in [3.8, 4) is 11.5 Å². The summed E-state index contributed by atoms with van der Waals surface area (Å²) in [7, 11) is -0.472. The number of sulfonamides is 1. The molecule has 1 spiro atoms. The van der Waals surface area contributed by atoms with Crippen LogP contribution in [0.25, 0.3) is 10.8 Å². The van der Waals surface area contributed by atoms with E-state index >= 15 is 0 Å². The van der Waals surface area contributed by atoms with Crippen molar-refractivity contribution in [3.63, 3.8) is 0 Å². The van der Waals surface area contributed by atoms with Crippen LogP contribution in [0.1, 0.15) is 54.7 Å². The molecule has 9 nitrogen and oxygen atoms in total. The van der Waals surface area contributed by atoms with Crippen molar-refractivity contribution in [2.24, 2.45) is 0 Å². The summed E-state index contributed by atoms with van der Waals surface area (Å²) in [6.07, 6.45) is 0. The number of carbonyl (C=O) groups excluding carboxylic acids is 1. The lowest BCUT2D eigenvalue weighted by molar-refractivity contribution is 0.0605. The Labute approximate surface area is 294 Å². The molecule has 0 aliphatic carbocycles. The maximum absolute atomic E-state index is 14.7. The first kappa shape index (κ1) is 33.4. The van der Waals surface area contributed by atoms with Gasteiger partial charge in [-0.2, -0.15) is 0 Å². The van der Waals surface area contributed by atoms with Crippen molar-refractivity contribution >= 4 is 43.8 Å². The van der Waals surface area contributed by atoms with Crippen LogP contribution in [0.5, 0.6) is 11.5 Å². The van der Waals surface area contributed by atoms with Crippen LogP contribution in [0.3, 0.4) is 0 Å². The normalized spacial score (nSPS) is 14.3. The summed E-state index contributed by atoms with van der Waals surface area (Å²) in [5, 5.41) is 2.67. The zero-order valence-corrected chi connectivity index (χ0v) is 30.2. The van der Waals surface area contributed by atoms with E-state index in [4.69, 9.17) is 4.74 Å². The van der Waals surface area contributed by atoms with Crippen molar-refractivity contribution in [2.75, 3.05) is 55.0 Å². The Bertz CT molecular complexity index is 2170. The summed E-state index contributed by atoms with van der Waals surface area (Å²) in [4.78, 5) is 24.0. The molecule has 7 rings (SSSR count). The Hall–Kier alpha value is -5.06. The Kier molecular flexibility index (Phi) is 8.48. The van der Waals surface area contributed by atoms with Crippen molar-refractivity contribution in [3.05, 3.63) is 119 Å². The van der Waals surface area contributed by atoms with Crippen LogP contribution in [0.4, 0.5) is 17.1 Å². The third-order valence-electron chi connectivity index (χ3n) is 10.1. The van der Waals surface area contributed by atoms with Crippen molar-refractivity contribution < 1.29 is 17.9 Å². The van der Waals surface area contributed by atoms with Gasteiger partial charge in [-0.25, -0.2) is 13.4 Å². The molecule has 258 valence electrons. The fourth-order valence-corrected chi connectivity index (χ4v) is 8.98. The van der Waals surface area contributed by atoms with E-state index in [0.29, 0.717) is 39.1 Å². The number of fused-ring (bicyclic) bond motifs is 7. The number of nitrogens with one attached hydrogen (secondary N) is 1. The molecule has 50 heavy (non-hydrogen) atoms. The minimum Gasteiger partial charge on any atom is -0.456 e. The molecule has 0 fully saturated rings. The van der Waals surface area contributed by atoms with E-state index in [1.165, 1.54) is 5.01 Å². The summed E-state index contributed by atoms with van der Waals surface area (Å²) >= 11 is 0. The second-order valence-corrected chi connectivity index (χ2v) is 14.5. The number of anilines is 3. The number of nitrogens with zero attached hydrogens (tertiary/aromatic N) is 4. The molecule has 0 saturated heterocycles. The molecule has 0 bridgehead atoms. The molecule has 5 aromatic carbocycles. The number of hydrogen-bond acceptors (Lipinski definition) is 7. The van der Waals surface area contributed by atoms with Crippen LogP contribution in [0.15, 0.2) is 102 Å². The van der Waals surface area contributed by atoms with Gasteiger partial charge in [0.1, 0.15) is 17.0 Å². The molecule has 1 amide bonds. The molecule has 0 aromatic heterocycles. The highest BCUT2D eigenvalue weighted by molar-refractivity contribution is 7.89. The highest BCUT2D eigenvalue weighted by atomic mass is 32.2. The first-order valence-electron chi connectivity index (χ1n) is 17.2. The number of amides is 1. The van der Waals surface area contributed by atoms with Gasteiger partial charge in [-0.05, 0) is 58.0 Å². The van der Waals surface area contributed by atoms with Gasteiger partial charge in [0.05, 0.1) is 4.90 Å². The van der Waals surface area contributed by atoms with Crippen LogP contribution in [-0.2, 0) is 15.6 Å². The number of benzene rings is 5. The van der Waals surface area contributed by atoms with Crippen LogP contribution in [0.2, 0.25) is 0 Å². The molecular formula is C40H43N5O4S. The molecular weight excluding hydrogens is 647 g/mol. The number of rotatable bonds is 10. The molecule has 2 heterocycles. The predicted octanol–water partition coefficient (Wildman–Crippen LogP) is 7.35. The van der Waals surface area contributed by atoms with E-state index in [1.54, 1.807) is 24.3 Å². The zero-order valence-electron chi connectivity index (χ0n) is 29.4. The van der Waals surface area contributed by atoms with E-state index in [0.717, 1.165) is 48.6 Å². The molecule has 0 unspecified atom stereocenters. The maximum Gasteiger partial charge on any atom is 0.270 e. The predicted molar refractivity (Wildman–Crippen MR) is 201 cm³/mol. The smallest absolute Gasteiger partial charge is 0.270 e. The molecule has 2 aliphatic rings. The topological polar surface area (TPSA) is 85.4 Å². The average Bonchev–Trinajstić information content (AvgIpc) is 3.35. The summed E-state index contributed by atoms with van der Waals surface area (Å²) in [6, 6.07) is 30.2. The van der Waals surface area contributed by atoms with Crippen LogP contribution < -0.4 is 24.3 Å². The second-order valence-electron chi connectivity index (χ2n) is 12.8. The zero-order chi connectivity index (χ0) is 35.4. The van der Waals surface area contributed by atoms with Gasteiger partial charge in [0.25, 0.3) is 15.9 Å². The molecule has 2 aliphatic heterocycles. The fourth-order valence-electron chi connectivity index (χ4n) is 7.70. The Balaban J connectivity index is 1.49. The number of carbonyl (C=O) groups is 1. The van der Waals surface area contributed by atoms with Gasteiger partial charge in [0.15, 0.2) is 0 Å². The summed E-state index contributed by atoms with van der Waals surface area (Å²) in [5.74, 6) is 0.680.